The fraction of sp³-hybridized carbons (Fsp3) is 0.188. The number of anilines is 1. The molecule has 0 radical (unpaired) electrons. The zero-order valence-electron chi connectivity index (χ0n) is 12.9. The molecule has 4 rings (SSSR count). The average Bonchev–Trinajstić information content (AvgIpc) is 3.05. The highest BCUT2D eigenvalue weighted by Crippen LogP contribution is 2.35. The van der Waals surface area contributed by atoms with Crippen molar-refractivity contribution in [2.24, 2.45) is 0 Å². The van der Waals surface area contributed by atoms with Gasteiger partial charge in [-0.2, -0.15) is 0 Å². The van der Waals surface area contributed by atoms with Crippen molar-refractivity contribution < 1.29 is 4.92 Å². The Hall–Kier alpha value is -2.58. The smallest absolute Gasteiger partial charge is 0.305 e. The van der Waals surface area contributed by atoms with Crippen LogP contribution < -0.4 is 4.90 Å². The lowest BCUT2D eigenvalue weighted by atomic mass is 10.2. The standard InChI is InChI=1S/C16H12ClN5O2S/c17-12-4-2-1-3-11(12)15-20-13-5-6-21(9-14(13)25-15)16-18-7-10(8-19-16)22(23)24/h1-4,7-8H,5-6,9H2. The molecule has 0 amide bonds. The fourth-order valence-corrected chi connectivity index (χ4v) is 4.13. The second kappa shape index (κ2) is 6.38. The minimum absolute atomic E-state index is 0.111. The molecule has 2 aromatic heterocycles. The van der Waals surface area contributed by atoms with Gasteiger partial charge in [0.15, 0.2) is 0 Å². The number of thiazole rings is 1. The number of rotatable bonds is 3. The molecular weight excluding hydrogens is 362 g/mol. The first-order valence-electron chi connectivity index (χ1n) is 7.56. The van der Waals surface area contributed by atoms with E-state index in [2.05, 4.69) is 9.97 Å². The number of fused-ring (bicyclic) bond motifs is 1. The molecule has 1 aliphatic heterocycles. The second-order valence-corrected chi connectivity index (χ2v) is 7.03. The van der Waals surface area contributed by atoms with Crippen LogP contribution >= 0.6 is 22.9 Å². The van der Waals surface area contributed by atoms with E-state index in [1.807, 2.05) is 29.2 Å². The van der Waals surface area contributed by atoms with Gasteiger partial charge < -0.3 is 4.90 Å². The molecule has 0 aliphatic carbocycles. The fourth-order valence-electron chi connectivity index (χ4n) is 2.69. The highest BCUT2D eigenvalue weighted by Gasteiger charge is 2.23. The van der Waals surface area contributed by atoms with Crippen LogP contribution in [0.4, 0.5) is 11.6 Å². The Morgan fingerprint density at radius 1 is 1.24 bits per heavy atom. The van der Waals surface area contributed by atoms with Crippen molar-refractivity contribution in [2.45, 2.75) is 13.0 Å². The van der Waals surface area contributed by atoms with Crippen LogP contribution in [0.2, 0.25) is 5.02 Å². The SMILES string of the molecule is O=[N+]([O-])c1cnc(N2CCc3nc(-c4ccccc4Cl)sc3C2)nc1. The topological polar surface area (TPSA) is 85.0 Å². The molecule has 3 aromatic rings. The Balaban J connectivity index is 1.59. The predicted molar refractivity (Wildman–Crippen MR) is 96.0 cm³/mol. The van der Waals surface area contributed by atoms with Crippen molar-refractivity contribution in [1.29, 1.82) is 0 Å². The summed E-state index contributed by atoms with van der Waals surface area (Å²) < 4.78 is 0. The van der Waals surface area contributed by atoms with Gasteiger partial charge in [-0.25, -0.2) is 15.0 Å². The Labute approximate surface area is 152 Å². The summed E-state index contributed by atoms with van der Waals surface area (Å²) in [5, 5.41) is 12.3. The number of hydrogen-bond acceptors (Lipinski definition) is 7. The maximum atomic E-state index is 10.7. The van der Waals surface area contributed by atoms with Crippen LogP contribution in [0.15, 0.2) is 36.7 Å². The van der Waals surface area contributed by atoms with Gasteiger partial charge in [0.1, 0.15) is 17.4 Å². The van der Waals surface area contributed by atoms with Gasteiger partial charge in [0.05, 0.1) is 22.2 Å². The van der Waals surface area contributed by atoms with Crippen LogP contribution in [0.5, 0.6) is 0 Å². The first-order valence-corrected chi connectivity index (χ1v) is 8.76. The quantitative estimate of drug-likeness (QED) is 0.513. The molecule has 0 atom stereocenters. The second-order valence-electron chi connectivity index (χ2n) is 5.54. The average molecular weight is 374 g/mol. The Kier molecular flexibility index (Phi) is 4.06. The van der Waals surface area contributed by atoms with E-state index < -0.39 is 4.92 Å². The van der Waals surface area contributed by atoms with Gasteiger partial charge in [-0.3, -0.25) is 10.1 Å². The van der Waals surface area contributed by atoms with E-state index in [1.54, 1.807) is 11.3 Å². The number of nitro groups is 1. The van der Waals surface area contributed by atoms with Gasteiger partial charge in [-0.1, -0.05) is 29.8 Å². The molecule has 126 valence electrons. The van der Waals surface area contributed by atoms with E-state index in [4.69, 9.17) is 16.6 Å². The summed E-state index contributed by atoms with van der Waals surface area (Å²) in [4.78, 5) is 26.3. The molecular formula is C16H12ClN5O2S. The number of aromatic nitrogens is 3. The molecule has 0 N–H and O–H groups in total. The Morgan fingerprint density at radius 3 is 2.72 bits per heavy atom. The van der Waals surface area contributed by atoms with Crippen molar-refractivity contribution >= 4 is 34.6 Å². The summed E-state index contributed by atoms with van der Waals surface area (Å²) >= 11 is 7.88. The molecule has 1 aromatic carbocycles. The Morgan fingerprint density at radius 2 is 2.00 bits per heavy atom. The summed E-state index contributed by atoms with van der Waals surface area (Å²) in [6.07, 6.45) is 3.25. The van der Waals surface area contributed by atoms with Crippen LogP contribution in [0.3, 0.4) is 0 Å². The lowest BCUT2D eigenvalue weighted by molar-refractivity contribution is -0.385. The molecule has 0 saturated carbocycles. The summed E-state index contributed by atoms with van der Waals surface area (Å²) in [5.74, 6) is 0.490. The number of nitrogens with zero attached hydrogens (tertiary/aromatic N) is 5. The molecule has 7 nitrogen and oxygen atoms in total. The zero-order chi connectivity index (χ0) is 17.4. The van der Waals surface area contributed by atoms with Crippen LogP contribution in [-0.4, -0.2) is 26.4 Å². The van der Waals surface area contributed by atoms with Gasteiger partial charge >= 0.3 is 5.69 Å². The molecule has 0 bridgehead atoms. The van der Waals surface area contributed by atoms with Gasteiger partial charge in [0.25, 0.3) is 0 Å². The highest BCUT2D eigenvalue weighted by molar-refractivity contribution is 7.15. The number of hydrogen-bond donors (Lipinski definition) is 0. The van der Waals surface area contributed by atoms with E-state index >= 15 is 0 Å². The summed E-state index contributed by atoms with van der Waals surface area (Å²) in [7, 11) is 0. The van der Waals surface area contributed by atoms with Gasteiger partial charge in [-0.05, 0) is 6.07 Å². The zero-order valence-corrected chi connectivity index (χ0v) is 14.5. The Bertz CT molecular complexity index is 944. The molecule has 0 fully saturated rings. The van der Waals surface area contributed by atoms with Crippen LogP contribution in [0.25, 0.3) is 10.6 Å². The normalized spacial score (nSPS) is 13.6. The van der Waals surface area contributed by atoms with Gasteiger partial charge in [0.2, 0.25) is 5.95 Å². The van der Waals surface area contributed by atoms with Crippen LogP contribution in [0, 0.1) is 10.1 Å². The molecule has 0 spiro atoms. The van der Waals surface area contributed by atoms with Crippen molar-refractivity contribution in [1.82, 2.24) is 15.0 Å². The first-order chi connectivity index (χ1) is 12.1. The van der Waals surface area contributed by atoms with E-state index in [0.29, 0.717) is 17.5 Å². The lowest BCUT2D eigenvalue weighted by Gasteiger charge is -2.25. The molecule has 0 saturated heterocycles. The minimum atomic E-state index is -0.503. The predicted octanol–water partition coefficient (Wildman–Crippen LogP) is 3.72. The minimum Gasteiger partial charge on any atom is -0.335 e. The summed E-state index contributed by atoms with van der Waals surface area (Å²) in [5.41, 5.74) is 1.89. The molecule has 1 aliphatic rings. The largest absolute Gasteiger partial charge is 0.335 e. The molecule has 9 heteroatoms. The maximum Gasteiger partial charge on any atom is 0.305 e. The third kappa shape index (κ3) is 3.06. The van der Waals surface area contributed by atoms with E-state index in [0.717, 1.165) is 34.1 Å². The molecule has 3 heterocycles. The van der Waals surface area contributed by atoms with Crippen molar-refractivity contribution in [3.05, 3.63) is 62.4 Å². The van der Waals surface area contributed by atoms with Gasteiger partial charge in [-0.15, -0.1) is 11.3 Å². The third-order valence-corrected chi connectivity index (χ3v) is 5.40. The highest BCUT2D eigenvalue weighted by atomic mass is 35.5. The summed E-state index contributed by atoms with van der Waals surface area (Å²) in [6.45, 7) is 1.35. The van der Waals surface area contributed by atoms with Crippen molar-refractivity contribution in [3.63, 3.8) is 0 Å². The molecule has 0 unspecified atom stereocenters. The van der Waals surface area contributed by atoms with E-state index in [-0.39, 0.29) is 5.69 Å². The van der Waals surface area contributed by atoms with Crippen LogP contribution in [-0.2, 0) is 13.0 Å². The number of halogens is 1. The van der Waals surface area contributed by atoms with E-state index in [1.165, 1.54) is 12.4 Å². The van der Waals surface area contributed by atoms with Gasteiger partial charge in [0, 0.05) is 23.4 Å². The maximum absolute atomic E-state index is 10.7. The lowest BCUT2D eigenvalue weighted by Crippen LogP contribution is -2.31. The number of benzene rings is 1. The first kappa shape index (κ1) is 15.9. The van der Waals surface area contributed by atoms with Crippen LogP contribution in [0.1, 0.15) is 10.6 Å². The summed E-state index contributed by atoms with van der Waals surface area (Å²) in [6, 6.07) is 7.66. The third-order valence-electron chi connectivity index (χ3n) is 3.95. The monoisotopic (exact) mass is 373 g/mol. The van der Waals surface area contributed by atoms with Crippen molar-refractivity contribution in [2.75, 3.05) is 11.4 Å². The van der Waals surface area contributed by atoms with E-state index in [9.17, 15) is 10.1 Å². The van der Waals surface area contributed by atoms with Crippen molar-refractivity contribution in [3.8, 4) is 10.6 Å². The molecule has 25 heavy (non-hydrogen) atoms.